The first-order valence-corrected chi connectivity index (χ1v) is 6.78. The Bertz CT molecular complexity index is 290. The molecule has 0 aliphatic rings. The highest BCUT2D eigenvalue weighted by Gasteiger charge is 2.30. The molecule has 0 heterocycles. The number of hydrogen-bond donors (Lipinski definition) is 1. The van der Waals surface area contributed by atoms with Gasteiger partial charge in [0.15, 0.2) is 0 Å². The van der Waals surface area contributed by atoms with E-state index in [-0.39, 0.29) is 19.6 Å². The lowest BCUT2D eigenvalue weighted by Crippen LogP contribution is -2.48. The molecule has 0 aromatic heterocycles. The second-order valence-corrected chi connectivity index (χ2v) is 4.03. The standard InChI is InChI=1S/C12H20ClNO5/c1-3-18-11(16)10(12(17)19-4-2)14-9(15)7-5-6-8-13/h10H,3-8H2,1-2H3,(H,14,15). The summed E-state index contributed by atoms with van der Waals surface area (Å²) in [5.74, 6) is -1.57. The molecule has 0 bridgehead atoms. The van der Waals surface area contributed by atoms with Crippen LogP contribution in [0.5, 0.6) is 0 Å². The van der Waals surface area contributed by atoms with E-state index in [9.17, 15) is 14.4 Å². The van der Waals surface area contributed by atoms with E-state index in [2.05, 4.69) is 5.32 Å². The lowest BCUT2D eigenvalue weighted by Gasteiger charge is -2.15. The van der Waals surface area contributed by atoms with Gasteiger partial charge in [0.25, 0.3) is 0 Å². The fourth-order valence-electron chi connectivity index (χ4n) is 1.28. The summed E-state index contributed by atoms with van der Waals surface area (Å²) in [4.78, 5) is 34.7. The number of rotatable bonds is 9. The maximum atomic E-state index is 11.6. The number of carbonyl (C=O) groups is 3. The molecule has 110 valence electrons. The van der Waals surface area contributed by atoms with Gasteiger partial charge in [-0.05, 0) is 26.7 Å². The second-order valence-electron chi connectivity index (χ2n) is 3.65. The highest BCUT2D eigenvalue weighted by atomic mass is 35.5. The lowest BCUT2D eigenvalue weighted by atomic mass is 10.2. The van der Waals surface area contributed by atoms with Crippen molar-refractivity contribution < 1.29 is 23.9 Å². The molecule has 0 aliphatic heterocycles. The van der Waals surface area contributed by atoms with Gasteiger partial charge in [-0.2, -0.15) is 0 Å². The number of esters is 2. The van der Waals surface area contributed by atoms with Crippen molar-refractivity contribution in [2.45, 2.75) is 39.2 Å². The number of alkyl halides is 1. The molecule has 0 rings (SSSR count). The summed E-state index contributed by atoms with van der Waals surface area (Å²) in [6.45, 7) is 3.47. The average molecular weight is 294 g/mol. The van der Waals surface area contributed by atoms with E-state index in [1.54, 1.807) is 13.8 Å². The highest BCUT2D eigenvalue weighted by Crippen LogP contribution is 2.00. The summed E-state index contributed by atoms with van der Waals surface area (Å²) in [7, 11) is 0. The van der Waals surface area contributed by atoms with Gasteiger partial charge < -0.3 is 14.8 Å². The molecule has 1 amide bonds. The average Bonchev–Trinajstić information content (AvgIpc) is 2.36. The minimum absolute atomic E-state index is 0.122. The molecule has 0 aliphatic carbocycles. The first kappa shape index (κ1) is 17.7. The van der Waals surface area contributed by atoms with Gasteiger partial charge in [0.2, 0.25) is 11.9 Å². The maximum Gasteiger partial charge on any atom is 0.340 e. The molecule has 6 nitrogen and oxygen atoms in total. The normalized spacial score (nSPS) is 10.1. The highest BCUT2D eigenvalue weighted by molar-refractivity contribution is 6.17. The number of unbranched alkanes of at least 4 members (excludes halogenated alkanes) is 1. The van der Waals surface area contributed by atoms with Gasteiger partial charge >= 0.3 is 11.9 Å². The van der Waals surface area contributed by atoms with E-state index in [0.717, 1.165) is 0 Å². The number of ether oxygens (including phenoxy) is 2. The maximum absolute atomic E-state index is 11.6. The van der Waals surface area contributed by atoms with Crippen LogP contribution in [0.15, 0.2) is 0 Å². The van der Waals surface area contributed by atoms with Crippen molar-refractivity contribution in [2.24, 2.45) is 0 Å². The Morgan fingerprint density at radius 3 is 2.00 bits per heavy atom. The molecule has 0 fully saturated rings. The summed E-state index contributed by atoms with van der Waals surface area (Å²) in [5, 5.41) is 2.31. The molecular formula is C12H20ClNO5. The monoisotopic (exact) mass is 293 g/mol. The molecule has 19 heavy (non-hydrogen) atoms. The molecule has 0 spiro atoms. The summed E-state index contributed by atoms with van der Waals surface area (Å²) < 4.78 is 9.44. The van der Waals surface area contributed by atoms with Crippen molar-refractivity contribution in [3.63, 3.8) is 0 Å². The smallest absolute Gasteiger partial charge is 0.340 e. The van der Waals surface area contributed by atoms with Crippen molar-refractivity contribution >= 4 is 29.4 Å². The van der Waals surface area contributed by atoms with Crippen LogP contribution in [0.25, 0.3) is 0 Å². The summed E-state index contributed by atoms with van der Waals surface area (Å²) in [6.07, 6.45) is 1.48. The number of carbonyl (C=O) groups excluding carboxylic acids is 3. The van der Waals surface area contributed by atoms with Crippen LogP contribution in [-0.2, 0) is 23.9 Å². The molecule has 7 heteroatoms. The predicted octanol–water partition coefficient (Wildman–Crippen LogP) is 1.01. The Hall–Kier alpha value is -1.30. The predicted molar refractivity (Wildman–Crippen MR) is 69.8 cm³/mol. The van der Waals surface area contributed by atoms with E-state index >= 15 is 0 Å². The van der Waals surface area contributed by atoms with Crippen molar-refractivity contribution in [1.82, 2.24) is 5.32 Å². The van der Waals surface area contributed by atoms with Crippen LogP contribution in [-0.4, -0.2) is 43.0 Å². The van der Waals surface area contributed by atoms with Gasteiger partial charge in [-0.15, -0.1) is 11.6 Å². The summed E-state index contributed by atoms with van der Waals surface area (Å²) in [5.41, 5.74) is 0. The fraction of sp³-hybridized carbons (Fsp3) is 0.750. The Morgan fingerprint density at radius 2 is 1.58 bits per heavy atom. The number of hydrogen-bond acceptors (Lipinski definition) is 5. The van der Waals surface area contributed by atoms with Crippen molar-refractivity contribution in [1.29, 1.82) is 0 Å². The van der Waals surface area contributed by atoms with Gasteiger partial charge in [-0.25, -0.2) is 9.59 Å². The van der Waals surface area contributed by atoms with Gasteiger partial charge in [-0.3, -0.25) is 4.79 Å². The van der Waals surface area contributed by atoms with Crippen LogP contribution in [0.2, 0.25) is 0 Å². The SMILES string of the molecule is CCOC(=O)C(NC(=O)CCCCCl)C(=O)OCC. The van der Waals surface area contributed by atoms with Crippen molar-refractivity contribution in [2.75, 3.05) is 19.1 Å². The number of nitrogens with one attached hydrogen (secondary N) is 1. The van der Waals surface area contributed by atoms with Crippen LogP contribution < -0.4 is 5.32 Å². The molecule has 0 aromatic rings. The van der Waals surface area contributed by atoms with Gasteiger partial charge in [-0.1, -0.05) is 0 Å². The van der Waals surface area contributed by atoms with Crippen LogP contribution in [0.4, 0.5) is 0 Å². The minimum atomic E-state index is -1.40. The third kappa shape index (κ3) is 7.66. The third-order valence-electron chi connectivity index (χ3n) is 2.14. The Labute approximate surface area is 117 Å². The molecular weight excluding hydrogens is 274 g/mol. The zero-order valence-corrected chi connectivity index (χ0v) is 12.0. The Balaban J connectivity index is 4.44. The van der Waals surface area contributed by atoms with Gasteiger partial charge in [0, 0.05) is 12.3 Å². The molecule has 0 radical (unpaired) electrons. The molecule has 0 aromatic carbocycles. The largest absolute Gasteiger partial charge is 0.464 e. The second kappa shape index (κ2) is 10.6. The molecule has 0 saturated carbocycles. The van der Waals surface area contributed by atoms with Gasteiger partial charge in [0.05, 0.1) is 13.2 Å². The first-order valence-electron chi connectivity index (χ1n) is 6.25. The van der Waals surface area contributed by atoms with E-state index in [1.165, 1.54) is 0 Å². The number of amides is 1. The van der Waals surface area contributed by atoms with Crippen molar-refractivity contribution in [3.8, 4) is 0 Å². The van der Waals surface area contributed by atoms with E-state index in [1.807, 2.05) is 0 Å². The van der Waals surface area contributed by atoms with Gasteiger partial charge in [0.1, 0.15) is 0 Å². The van der Waals surface area contributed by atoms with E-state index < -0.39 is 23.9 Å². The van der Waals surface area contributed by atoms with E-state index in [0.29, 0.717) is 18.7 Å². The molecule has 1 N–H and O–H groups in total. The first-order chi connectivity index (χ1) is 9.06. The zero-order chi connectivity index (χ0) is 14.7. The van der Waals surface area contributed by atoms with Crippen LogP contribution in [0.3, 0.4) is 0 Å². The van der Waals surface area contributed by atoms with Crippen molar-refractivity contribution in [3.05, 3.63) is 0 Å². The van der Waals surface area contributed by atoms with E-state index in [4.69, 9.17) is 21.1 Å². The molecule has 0 atom stereocenters. The van der Waals surface area contributed by atoms with Crippen LogP contribution in [0, 0.1) is 0 Å². The van der Waals surface area contributed by atoms with Crippen LogP contribution >= 0.6 is 11.6 Å². The topological polar surface area (TPSA) is 81.7 Å². The lowest BCUT2D eigenvalue weighted by molar-refractivity contribution is -0.159. The summed E-state index contributed by atoms with van der Waals surface area (Å²) in [6, 6.07) is -1.40. The Morgan fingerprint density at radius 1 is 1.05 bits per heavy atom. The fourth-order valence-corrected chi connectivity index (χ4v) is 1.47. The molecule has 0 unspecified atom stereocenters. The minimum Gasteiger partial charge on any atom is -0.464 e. The quantitative estimate of drug-likeness (QED) is 0.297. The van der Waals surface area contributed by atoms with Crippen LogP contribution in [0.1, 0.15) is 33.1 Å². The summed E-state index contributed by atoms with van der Waals surface area (Å²) >= 11 is 5.49. The molecule has 0 saturated heterocycles. The number of halogens is 1. The zero-order valence-electron chi connectivity index (χ0n) is 11.2. The Kier molecular flexibility index (Phi) is 9.88. The third-order valence-corrected chi connectivity index (χ3v) is 2.40.